The Morgan fingerprint density at radius 2 is 1.56 bits per heavy atom. The molecule has 2 unspecified atom stereocenters. The smallest absolute Gasteiger partial charge is 0.408 e. The van der Waals surface area contributed by atoms with Gasteiger partial charge in [0.1, 0.15) is 17.7 Å². The van der Waals surface area contributed by atoms with Crippen molar-refractivity contribution in [3.63, 3.8) is 0 Å². The molecule has 2 aromatic carbocycles. The van der Waals surface area contributed by atoms with Gasteiger partial charge in [0.05, 0.1) is 0 Å². The van der Waals surface area contributed by atoms with E-state index >= 15 is 0 Å². The number of ether oxygens (including phenoxy) is 1. The molecule has 43 heavy (non-hydrogen) atoms. The third kappa shape index (κ3) is 11.4. The number of nitrogens with two attached hydrogens (primary N) is 1. The van der Waals surface area contributed by atoms with E-state index in [1.165, 1.54) is 0 Å². The lowest BCUT2D eigenvalue weighted by Crippen LogP contribution is -2.53. The van der Waals surface area contributed by atoms with Crippen LogP contribution in [-0.2, 0) is 19.1 Å². The highest BCUT2D eigenvalue weighted by Crippen LogP contribution is 2.30. The molecule has 2 aromatic rings. The van der Waals surface area contributed by atoms with Crippen LogP contribution in [0.5, 0.6) is 0 Å². The summed E-state index contributed by atoms with van der Waals surface area (Å²) in [5.41, 5.74) is 8.75. The number of anilines is 1. The fourth-order valence-electron chi connectivity index (χ4n) is 4.88. The van der Waals surface area contributed by atoms with Crippen molar-refractivity contribution in [1.82, 2.24) is 10.2 Å². The van der Waals surface area contributed by atoms with Crippen molar-refractivity contribution >= 4 is 29.5 Å². The molecule has 2 atom stereocenters. The van der Waals surface area contributed by atoms with Crippen LogP contribution in [0.1, 0.15) is 101 Å². The predicted octanol–water partition coefficient (Wildman–Crippen LogP) is 6.25. The molecule has 0 saturated carbocycles. The van der Waals surface area contributed by atoms with Crippen LogP contribution < -0.4 is 16.4 Å². The summed E-state index contributed by atoms with van der Waals surface area (Å²) < 4.78 is 5.43. The minimum atomic E-state index is -1.13. The van der Waals surface area contributed by atoms with E-state index in [-0.39, 0.29) is 25.3 Å². The van der Waals surface area contributed by atoms with Crippen LogP contribution in [0.15, 0.2) is 42.5 Å². The minimum absolute atomic E-state index is 0.0291. The highest BCUT2D eigenvalue weighted by atomic mass is 16.6. The number of hydrogen-bond donors (Lipinski definition) is 3. The number of alkyl carbamates (subject to hydrolysis) is 1. The lowest BCUT2D eigenvalue weighted by Gasteiger charge is -2.35. The zero-order valence-corrected chi connectivity index (χ0v) is 26.9. The van der Waals surface area contributed by atoms with Gasteiger partial charge >= 0.3 is 6.09 Å². The number of nitrogens with zero attached hydrogens (tertiary/aromatic N) is 1. The lowest BCUT2D eigenvalue weighted by atomic mass is 9.94. The van der Waals surface area contributed by atoms with Crippen molar-refractivity contribution in [2.45, 2.75) is 111 Å². The van der Waals surface area contributed by atoms with Crippen LogP contribution in [0, 0.1) is 20.8 Å². The Hall–Kier alpha value is -3.88. The maximum atomic E-state index is 14.4. The second-order valence-corrected chi connectivity index (χ2v) is 12.1. The summed E-state index contributed by atoms with van der Waals surface area (Å²) in [5.74, 6) is -1.44. The Balaban J connectivity index is 2.61. The minimum Gasteiger partial charge on any atom is -0.444 e. The van der Waals surface area contributed by atoms with Crippen LogP contribution in [0.3, 0.4) is 0 Å². The molecule has 4 N–H and O–H groups in total. The van der Waals surface area contributed by atoms with Gasteiger partial charge in [-0.2, -0.15) is 0 Å². The Bertz CT molecular complexity index is 1250. The van der Waals surface area contributed by atoms with Crippen molar-refractivity contribution in [1.29, 1.82) is 0 Å². The van der Waals surface area contributed by atoms with Crippen LogP contribution in [0.4, 0.5) is 10.5 Å². The third-order valence-corrected chi connectivity index (χ3v) is 7.36. The fraction of sp³-hybridized carbons (Fsp3) is 0.529. The van der Waals surface area contributed by atoms with Gasteiger partial charge in [0.2, 0.25) is 11.8 Å². The number of nitrogens with one attached hydrogen (secondary N) is 2. The molecule has 4 amide bonds. The Morgan fingerprint density at radius 3 is 2.19 bits per heavy atom. The highest BCUT2D eigenvalue weighted by molar-refractivity contribution is 5.99. The van der Waals surface area contributed by atoms with E-state index in [0.717, 1.165) is 42.4 Å². The summed E-state index contributed by atoms with van der Waals surface area (Å²) >= 11 is 0. The summed E-state index contributed by atoms with van der Waals surface area (Å²) in [4.78, 5) is 54.8. The summed E-state index contributed by atoms with van der Waals surface area (Å²) in [7, 11) is 0. The molecule has 0 radical (unpaired) electrons. The van der Waals surface area contributed by atoms with E-state index in [2.05, 4.69) is 17.6 Å². The van der Waals surface area contributed by atoms with Crippen molar-refractivity contribution in [3.8, 4) is 0 Å². The topological polar surface area (TPSA) is 131 Å². The average molecular weight is 595 g/mol. The maximum Gasteiger partial charge on any atom is 0.408 e. The zero-order valence-electron chi connectivity index (χ0n) is 26.9. The molecule has 9 nitrogen and oxygen atoms in total. The number of aryl methyl sites for hydroxylation is 2. The molecule has 0 bridgehead atoms. The molecule has 0 fully saturated rings. The van der Waals surface area contributed by atoms with Crippen LogP contribution in [0.25, 0.3) is 0 Å². The van der Waals surface area contributed by atoms with E-state index in [0.29, 0.717) is 17.7 Å². The van der Waals surface area contributed by atoms with Gasteiger partial charge in [0.25, 0.3) is 5.91 Å². The first-order valence-corrected chi connectivity index (χ1v) is 15.3. The van der Waals surface area contributed by atoms with Gasteiger partial charge in [-0.1, -0.05) is 69.0 Å². The summed E-state index contributed by atoms with van der Waals surface area (Å²) in [6.45, 7) is 13.4. The van der Waals surface area contributed by atoms with Crippen molar-refractivity contribution in [2.24, 2.45) is 5.73 Å². The van der Waals surface area contributed by atoms with Crippen molar-refractivity contribution < 1.29 is 23.9 Å². The second kappa shape index (κ2) is 16.7. The molecule has 0 saturated heterocycles. The molecule has 2 rings (SSSR count). The normalized spacial score (nSPS) is 12.6. The first kappa shape index (κ1) is 35.3. The SMILES string of the molecule is CCCCCCCN(C(=O)C(CCC(N)=O)NC(=O)OC(C)(C)C)C(C(=O)Nc1ccccc1C)c1cccc(C)c1C. The van der Waals surface area contributed by atoms with Gasteiger partial charge in [-0.3, -0.25) is 14.4 Å². The number of carbonyl (C=O) groups is 4. The molecule has 0 aliphatic heterocycles. The summed E-state index contributed by atoms with van der Waals surface area (Å²) in [6.07, 6.45) is 3.75. The maximum absolute atomic E-state index is 14.4. The molecule has 0 spiro atoms. The van der Waals surface area contributed by atoms with E-state index in [1.807, 2.05) is 63.2 Å². The Morgan fingerprint density at radius 1 is 0.907 bits per heavy atom. The number of rotatable bonds is 15. The molecule has 0 aliphatic rings. The van der Waals surface area contributed by atoms with Crippen LogP contribution in [0.2, 0.25) is 0 Å². The fourth-order valence-corrected chi connectivity index (χ4v) is 4.88. The van der Waals surface area contributed by atoms with E-state index < -0.39 is 35.6 Å². The van der Waals surface area contributed by atoms with Crippen molar-refractivity contribution in [2.75, 3.05) is 11.9 Å². The van der Waals surface area contributed by atoms with Gasteiger partial charge in [-0.15, -0.1) is 0 Å². The van der Waals surface area contributed by atoms with E-state index in [1.54, 1.807) is 25.7 Å². The third-order valence-electron chi connectivity index (χ3n) is 7.36. The van der Waals surface area contributed by atoms with Crippen molar-refractivity contribution in [3.05, 3.63) is 64.7 Å². The Labute approximate surface area is 256 Å². The molecular formula is C34H50N4O5. The van der Waals surface area contributed by atoms with Crippen LogP contribution in [-0.4, -0.2) is 46.9 Å². The number of unbranched alkanes of at least 4 members (excludes halogenated alkanes) is 4. The van der Waals surface area contributed by atoms with E-state index in [4.69, 9.17) is 10.5 Å². The van der Waals surface area contributed by atoms with Gasteiger partial charge in [0.15, 0.2) is 0 Å². The quantitative estimate of drug-likeness (QED) is 0.210. The first-order chi connectivity index (χ1) is 20.2. The molecule has 0 heterocycles. The molecule has 236 valence electrons. The van der Waals surface area contributed by atoms with Gasteiger partial charge in [-0.25, -0.2) is 4.79 Å². The van der Waals surface area contributed by atoms with Gasteiger partial charge < -0.3 is 26.0 Å². The summed E-state index contributed by atoms with van der Waals surface area (Å²) in [6, 6.07) is 11.0. The first-order valence-electron chi connectivity index (χ1n) is 15.3. The Kier molecular flexibility index (Phi) is 13.7. The van der Waals surface area contributed by atoms with E-state index in [9.17, 15) is 19.2 Å². The summed E-state index contributed by atoms with van der Waals surface area (Å²) in [5, 5.41) is 5.70. The molecule has 0 aromatic heterocycles. The standard InChI is InChI=1S/C34H50N4O5/c1-8-9-10-11-14-22-38(32(41)28(20-21-29(35)39)37-33(42)43-34(5,6)7)30(26-18-15-17-23(2)25(26)4)31(40)36-27-19-13-12-16-24(27)3/h12-13,15-19,28,30H,8-11,14,20-22H2,1-7H3,(H2,35,39)(H,36,40)(H,37,42). The van der Waals surface area contributed by atoms with Crippen LogP contribution >= 0.6 is 0 Å². The molecule has 0 aliphatic carbocycles. The number of amides is 4. The van der Waals surface area contributed by atoms with Gasteiger partial charge in [0, 0.05) is 18.7 Å². The monoisotopic (exact) mass is 594 g/mol. The number of hydrogen-bond acceptors (Lipinski definition) is 5. The molecule has 9 heteroatoms. The number of benzene rings is 2. The number of primary amides is 1. The number of para-hydroxylation sites is 1. The highest BCUT2D eigenvalue weighted by Gasteiger charge is 2.37. The number of carbonyl (C=O) groups excluding carboxylic acids is 4. The average Bonchev–Trinajstić information content (AvgIpc) is 2.92. The predicted molar refractivity (Wildman–Crippen MR) is 171 cm³/mol. The molecular weight excluding hydrogens is 544 g/mol. The lowest BCUT2D eigenvalue weighted by molar-refractivity contribution is -0.141. The van der Waals surface area contributed by atoms with Gasteiger partial charge in [-0.05, 0) is 82.7 Å². The second-order valence-electron chi connectivity index (χ2n) is 12.1. The largest absolute Gasteiger partial charge is 0.444 e. The zero-order chi connectivity index (χ0) is 32.2.